The first-order valence-electron chi connectivity index (χ1n) is 7.87. The fourth-order valence-corrected chi connectivity index (χ4v) is 2.28. The van der Waals surface area contributed by atoms with Crippen LogP contribution in [0.5, 0.6) is 11.5 Å². The molecule has 2 aromatic rings. The van der Waals surface area contributed by atoms with Gasteiger partial charge < -0.3 is 25.4 Å². The summed E-state index contributed by atoms with van der Waals surface area (Å²) in [5.74, 6) is 3.07. The highest BCUT2D eigenvalue weighted by Gasteiger charge is 2.12. The molecule has 1 aliphatic rings. The maximum absolute atomic E-state index is 5.58. The fraction of sp³-hybridized carbons (Fsp3) is 0.294. The van der Waals surface area contributed by atoms with Gasteiger partial charge in [-0.05, 0) is 24.3 Å². The molecule has 8 heteroatoms. The number of ether oxygens (including phenoxy) is 2. The molecule has 2 heterocycles. The number of benzene rings is 1. The number of hydrogen-bond acceptors (Lipinski definition) is 5. The largest absolute Gasteiger partial charge is 0.486 e. The molecule has 0 unspecified atom stereocenters. The minimum Gasteiger partial charge on any atom is -0.486 e. The van der Waals surface area contributed by atoms with Gasteiger partial charge >= 0.3 is 0 Å². The van der Waals surface area contributed by atoms with E-state index in [1.807, 2.05) is 36.4 Å². The summed E-state index contributed by atoms with van der Waals surface area (Å²) in [4.78, 5) is 8.43. The monoisotopic (exact) mass is 455 g/mol. The molecule has 0 atom stereocenters. The Morgan fingerprint density at radius 2 is 1.96 bits per heavy atom. The molecule has 3 rings (SSSR count). The lowest BCUT2D eigenvalue weighted by Gasteiger charge is -2.19. The molecule has 0 spiro atoms. The lowest BCUT2D eigenvalue weighted by atomic mass is 10.2. The normalized spacial score (nSPS) is 12.8. The van der Waals surface area contributed by atoms with Crippen LogP contribution in [0.15, 0.2) is 47.6 Å². The molecule has 134 valence electrons. The first kappa shape index (κ1) is 19.1. The van der Waals surface area contributed by atoms with Crippen LogP contribution in [0.3, 0.4) is 0 Å². The van der Waals surface area contributed by atoms with Crippen molar-refractivity contribution in [1.29, 1.82) is 0 Å². The second-order valence-corrected chi connectivity index (χ2v) is 5.12. The second-order valence-electron chi connectivity index (χ2n) is 5.12. The molecule has 0 fully saturated rings. The van der Waals surface area contributed by atoms with Gasteiger partial charge in [0.25, 0.3) is 0 Å². The standard InChI is InChI=1S/C17H21N5O2.HI/c1-18-17(21-9-8-20-16-4-2-3-7-19-16)22-13-5-6-14-15(12-13)24-11-10-23-14;/h2-7,12H,8-11H2,1H3,(H,19,20)(H2,18,21,22);1H. The van der Waals surface area contributed by atoms with Crippen LogP contribution in [-0.2, 0) is 0 Å². The Labute approximate surface area is 164 Å². The highest BCUT2D eigenvalue weighted by atomic mass is 127. The number of nitrogens with zero attached hydrogens (tertiary/aromatic N) is 2. The Morgan fingerprint density at radius 3 is 2.72 bits per heavy atom. The zero-order chi connectivity index (χ0) is 16.6. The summed E-state index contributed by atoms with van der Waals surface area (Å²) in [6, 6.07) is 11.5. The lowest BCUT2D eigenvalue weighted by Crippen LogP contribution is -2.34. The summed E-state index contributed by atoms with van der Waals surface area (Å²) in [6.07, 6.45) is 1.76. The summed E-state index contributed by atoms with van der Waals surface area (Å²) >= 11 is 0. The Kier molecular flexibility index (Phi) is 7.58. The topological polar surface area (TPSA) is 79.8 Å². The number of halogens is 1. The lowest BCUT2D eigenvalue weighted by molar-refractivity contribution is 0.171. The van der Waals surface area contributed by atoms with Crippen LogP contribution in [0.25, 0.3) is 0 Å². The molecular formula is C17H22IN5O2. The van der Waals surface area contributed by atoms with Crippen molar-refractivity contribution in [3.63, 3.8) is 0 Å². The summed E-state index contributed by atoms with van der Waals surface area (Å²) < 4.78 is 11.1. The first-order valence-corrected chi connectivity index (χ1v) is 7.87. The second kappa shape index (κ2) is 9.92. The predicted octanol–water partition coefficient (Wildman–Crippen LogP) is 2.57. The summed E-state index contributed by atoms with van der Waals surface area (Å²) in [7, 11) is 1.74. The van der Waals surface area contributed by atoms with E-state index in [0.717, 1.165) is 29.5 Å². The third kappa shape index (κ3) is 5.66. The van der Waals surface area contributed by atoms with E-state index in [9.17, 15) is 0 Å². The zero-order valence-electron chi connectivity index (χ0n) is 14.0. The van der Waals surface area contributed by atoms with E-state index < -0.39 is 0 Å². The molecule has 25 heavy (non-hydrogen) atoms. The summed E-state index contributed by atoms with van der Waals surface area (Å²) in [6.45, 7) is 2.61. The molecule has 0 aliphatic carbocycles. The first-order chi connectivity index (χ1) is 11.8. The maximum Gasteiger partial charge on any atom is 0.195 e. The fourth-order valence-electron chi connectivity index (χ4n) is 2.28. The molecular weight excluding hydrogens is 433 g/mol. The van der Waals surface area contributed by atoms with Crippen LogP contribution in [0.1, 0.15) is 0 Å². The Hall–Kier alpha value is -2.23. The van der Waals surface area contributed by atoms with Crippen LogP contribution < -0.4 is 25.4 Å². The summed E-state index contributed by atoms with van der Waals surface area (Å²) in [5.41, 5.74) is 0.894. The number of nitrogens with one attached hydrogen (secondary N) is 3. The van der Waals surface area contributed by atoms with Crippen LogP contribution in [0, 0.1) is 0 Å². The van der Waals surface area contributed by atoms with Crippen molar-refractivity contribution in [2.45, 2.75) is 0 Å². The average molecular weight is 455 g/mol. The molecule has 0 amide bonds. The van der Waals surface area contributed by atoms with Crippen molar-refractivity contribution in [1.82, 2.24) is 10.3 Å². The Bertz CT molecular complexity index is 697. The van der Waals surface area contributed by atoms with Gasteiger partial charge in [-0.1, -0.05) is 6.07 Å². The minimum absolute atomic E-state index is 0. The predicted molar refractivity (Wildman–Crippen MR) is 111 cm³/mol. The quantitative estimate of drug-likeness (QED) is 0.279. The highest BCUT2D eigenvalue weighted by molar-refractivity contribution is 14.0. The molecule has 0 radical (unpaired) electrons. The average Bonchev–Trinajstić information content (AvgIpc) is 2.65. The number of hydrogen-bond donors (Lipinski definition) is 3. The van der Waals surface area contributed by atoms with E-state index in [0.29, 0.717) is 25.7 Å². The molecule has 0 saturated carbocycles. The van der Waals surface area contributed by atoms with Crippen LogP contribution >= 0.6 is 24.0 Å². The summed E-state index contributed by atoms with van der Waals surface area (Å²) in [5, 5.41) is 9.72. The van der Waals surface area contributed by atoms with Gasteiger partial charge in [-0.25, -0.2) is 4.98 Å². The third-order valence-electron chi connectivity index (χ3n) is 3.42. The molecule has 1 aromatic heterocycles. The smallest absolute Gasteiger partial charge is 0.195 e. The SMILES string of the molecule is CN=C(NCCNc1ccccn1)Nc1ccc2c(c1)OCCO2.I. The molecule has 7 nitrogen and oxygen atoms in total. The molecule has 0 saturated heterocycles. The van der Waals surface area contributed by atoms with E-state index in [-0.39, 0.29) is 24.0 Å². The zero-order valence-corrected chi connectivity index (χ0v) is 16.3. The van der Waals surface area contributed by atoms with E-state index in [1.165, 1.54) is 0 Å². The Morgan fingerprint density at radius 1 is 1.12 bits per heavy atom. The van der Waals surface area contributed by atoms with Crippen molar-refractivity contribution in [3.8, 4) is 11.5 Å². The number of rotatable bonds is 5. The maximum atomic E-state index is 5.58. The molecule has 0 bridgehead atoms. The number of fused-ring (bicyclic) bond motifs is 1. The van der Waals surface area contributed by atoms with E-state index in [2.05, 4.69) is 25.9 Å². The van der Waals surface area contributed by atoms with Crippen molar-refractivity contribution >= 4 is 41.4 Å². The van der Waals surface area contributed by atoms with E-state index >= 15 is 0 Å². The van der Waals surface area contributed by atoms with Crippen LogP contribution in [0.4, 0.5) is 11.5 Å². The van der Waals surface area contributed by atoms with Crippen molar-refractivity contribution in [2.75, 3.05) is 44.0 Å². The van der Waals surface area contributed by atoms with Crippen LogP contribution in [-0.4, -0.2) is 44.3 Å². The van der Waals surface area contributed by atoms with Gasteiger partial charge in [0.2, 0.25) is 0 Å². The number of guanidine groups is 1. The highest BCUT2D eigenvalue weighted by Crippen LogP contribution is 2.32. The van der Waals surface area contributed by atoms with Gasteiger partial charge in [0.15, 0.2) is 17.5 Å². The molecule has 3 N–H and O–H groups in total. The molecule has 1 aromatic carbocycles. The Balaban J connectivity index is 0.00000225. The van der Waals surface area contributed by atoms with Gasteiger partial charge in [0.1, 0.15) is 19.0 Å². The number of pyridine rings is 1. The van der Waals surface area contributed by atoms with Crippen molar-refractivity contribution < 1.29 is 9.47 Å². The van der Waals surface area contributed by atoms with Crippen molar-refractivity contribution in [3.05, 3.63) is 42.6 Å². The number of aromatic nitrogens is 1. The number of aliphatic imine (C=N–C) groups is 1. The van der Waals surface area contributed by atoms with Gasteiger partial charge in [-0.15, -0.1) is 24.0 Å². The molecule has 1 aliphatic heterocycles. The van der Waals surface area contributed by atoms with Crippen molar-refractivity contribution in [2.24, 2.45) is 4.99 Å². The van der Waals surface area contributed by atoms with Gasteiger partial charge in [0.05, 0.1) is 0 Å². The van der Waals surface area contributed by atoms with Gasteiger partial charge in [-0.2, -0.15) is 0 Å². The van der Waals surface area contributed by atoms with E-state index in [1.54, 1.807) is 13.2 Å². The van der Waals surface area contributed by atoms with Gasteiger partial charge in [-0.3, -0.25) is 4.99 Å². The number of anilines is 2. The van der Waals surface area contributed by atoms with Gasteiger partial charge in [0, 0.05) is 38.1 Å². The third-order valence-corrected chi connectivity index (χ3v) is 3.42. The minimum atomic E-state index is 0. The van der Waals surface area contributed by atoms with Crippen LogP contribution in [0.2, 0.25) is 0 Å². The van der Waals surface area contributed by atoms with E-state index in [4.69, 9.17) is 9.47 Å².